The third-order valence-electron chi connectivity index (χ3n) is 5.69. The molecular weight excluding hydrogens is 464 g/mol. The Morgan fingerprint density at radius 2 is 1.71 bits per heavy atom. The number of H-pyrrole nitrogens is 1. The fourth-order valence-corrected chi connectivity index (χ4v) is 4.86. The normalized spacial score (nSPS) is 10.9. The van der Waals surface area contributed by atoms with Gasteiger partial charge < -0.3 is 14.5 Å². The molecule has 1 N–H and O–H groups in total. The van der Waals surface area contributed by atoms with Gasteiger partial charge in [-0.3, -0.25) is 14.2 Å². The molecule has 0 saturated carbocycles. The van der Waals surface area contributed by atoms with Crippen molar-refractivity contribution in [1.29, 1.82) is 0 Å². The predicted molar refractivity (Wildman–Crippen MR) is 135 cm³/mol. The summed E-state index contributed by atoms with van der Waals surface area (Å²) in [5.74, 6) is 2.00. The van der Waals surface area contributed by atoms with Crippen LogP contribution >= 0.6 is 11.8 Å². The minimum absolute atomic E-state index is 0.0647. The number of aromatic amines is 1. The van der Waals surface area contributed by atoms with Crippen LogP contribution in [0.1, 0.15) is 39.0 Å². The molecule has 8 nitrogen and oxygen atoms in total. The zero-order chi connectivity index (χ0) is 25.1. The van der Waals surface area contributed by atoms with Crippen molar-refractivity contribution >= 4 is 23.3 Å². The number of carbonyl (C=O) groups excluding carboxylic acids is 2. The molecule has 2 aromatic heterocycles. The minimum atomic E-state index is -0.115. The average molecular weight is 491 g/mol. The van der Waals surface area contributed by atoms with Crippen LogP contribution < -0.4 is 9.47 Å². The first-order valence-corrected chi connectivity index (χ1v) is 11.9. The predicted octanol–water partition coefficient (Wildman–Crippen LogP) is 5.07. The van der Waals surface area contributed by atoms with Crippen molar-refractivity contribution in [3.05, 3.63) is 71.0 Å². The summed E-state index contributed by atoms with van der Waals surface area (Å²) < 4.78 is 12.6. The Labute approximate surface area is 207 Å². The molecule has 0 unspecified atom stereocenters. The Balaban J connectivity index is 1.69. The van der Waals surface area contributed by atoms with Gasteiger partial charge in [-0.25, -0.2) is 0 Å². The number of hydrogen-bond acceptors (Lipinski definition) is 7. The number of rotatable bonds is 9. The van der Waals surface area contributed by atoms with Crippen LogP contribution in [0.2, 0.25) is 0 Å². The van der Waals surface area contributed by atoms with Gasteiger partial charge >= 0.3 is 0 Å². The second kappa shape index (κ2) is 10.2. The molecule has 2 heterocycles. The summed E-state index contributed by atoms with van der Waals surface area (Å²) in [5, 5.41) is 9.39. The minimum Gasteiger partial charge on any atom is -0.497 e. The lowest BCUT2D eigenvalue weighted by molar-refractivity contribution is 0.101. The fourth-order valence-electron chi connectivity index (χ4n) is 4.04. The number of nitrogens with one attached hydrogen (secondary N) is 1. The molecule has 4 rings (SSSR count). The number of ketones is 2. The number of benzene rings is 2. The van der Waals surface area contributed by atoms with Crippen molar-refractivity contribution in [2.24, 2.45) is 0 Å². The van der Waals surface area contributed by atoms with E-state index in [2.05, 4.69) is 15.2 Å². The molecule has 180 valence electrons. The third-order valence-corrected chi connectivity index (χ3v) is 6.62. The van der Waals surface area contributed by atoms with Crippen LogP contribution in [-0.4, -0.2) is 51.3 Å². The van der Waals surface area contributed by atoms with Crippen LogP contribution in [0.25, 0.3) is 17.1 Å². The number of Topliss-reactive ketones (excluding diaryl/α,β-unsaturated/α-hetero) is 2. The molecule has 4 aromatic rings. The molecule has 0 aliphatic carbocycles. The van der Waals surface area contributed by atoms with Crippen molar-refractivity contribution in [1.82, 2.24) is 19.7 Å². The monoisotopic (exact) mass is 490 g/mol. The zero-order valence-corrected chi connectivity index (χ0v) is 21.0. The lowest BCUT2D eigenvalue weighted by Gasteiger charge is -2.11. The van der Waals surface area contributed by atoms with E-state index < -0.39 is 0 Å². The molecule has 0 atom stereocenters. The van der Waals surface area contributed by atoms with E-state index in [9.17, 15) is 9.59 Å². The van der Waals surface area contributed by atoms with Gasteiger partial charge in [0, 0.05) is 22.5 Å². The van der Waals surface area contributed by atoms with E-state index in [0.29, 0.717) is 39.2 Å². The molecule has 9 heteroatoms. The van der Waals surface area contributed by atoms with E-state index in [1.54, 1.807) is 28.1 Å². The SMILES string of the molecule is COc1ccc(-n2c(SCC(=O)c3[nH]c(C)c(C(C)=O)c3C)nnc2-c2cccc(OC)c2)cc1. The fraction of sp³-hybridized carbons (Fsp3) is 0.231. The lowest BCUT2D eigenvalue weighted by atomic mass is 10.1. The maximum absolute atomic E-state index is 13.1. The molecule has 0 amide bonds. The van der Waals surface area contributed by atoms with Gasteiger partial charge in [-0.05, 0) is 62.7 Å². The van der Waals surface area contributed by atoms with E-state index in [1.807, 2.05) is 53.1 Å². The highest BCUT2D eigenvalue weighted by atomic mass is 32.2. The number of ether oxygens (including phenoxy) is 2. The topological polar surface area (TPSA) is 99.1 Å². The second-order valence-electron chi connectivity index (χ2n) is 7.96. The van der Waals surface area contributed by atoms with Gasteiger partial charge in [0.1, 0.15) is 11.5 Å². The summed E-state index contributed by atoms with van der Waals surface area (Å²) in [5.41, 5.74) is 4.05. The van der Waals surface area contributed by atoms with Crippen LogP contribution in [-0.2, 0) is 0 Å². The molecule has 0 aliphatic heterocycles. The number of aromatic nitrogens is 4. The number of hydrogen-bond donors (Lipinski definition) is 1. The van der Waals surface area contributed by atoms with Gasteiger partial charge in [-0.2, -0.15) is 0 Å². The number of nitrogens with zero attached hydrogens (tertiary/aromatic N) is 3. The quantitative estimate of drug-likeness (QED) is 0.258. The Hall–Kier alpha value is -3.85. The third kappa shape index (κ3) is 4.85. The summed E-state index contributed by atoms with van der Waals surface area (Å²) in [6, 6.07) is 15.1. The lowest BCUT2D eigenvalue weighted by Crippen LogP contribution is -2.07. The molecule has 0 spiro atoms. The van der Waals surface area contributed by atoms with E-state index >= 15 is 0 Å². The smallest absolute Gasteiger partial charge is 0.196 e. The van der Waals surface area contributed by atoms with E-state index in [1.165, 1.54) is 18.7 Å². The maximum Gasteiger partial charge on any atom is 0.196 e. The summed E-state index contributed by atoms with van der Waals surface area (Å²) >= 11 is 1.28. The molecule has 0 fully saturated rings. The second-order valence-corrected chi connectivity index (χ2v) is 8.91. The largest absolute Gasteiger partial charge is 0.497 e. The highest BCUT2D eigenvalue weighted by Gasteiger charge is 2.22. The van der Waals surface area contributed by atoms with Crippen LogP contribution in [0.3, 0.4) is 0 Å². The van der Waals surface area contributed by atoms with Crippen LogP contribution in [0.5, 0.6) is 11.5 Å². The van der Waals surface area contributed by atoms with Crippen molar-refractivity contribution in [3.63, 3.8) is 0 Å². The van der Waals surface area contributed by atoms with Gasteiger partial charge in [0.2, 0.25) is 0 Å². The van der Waals surface area contributed by atoms with Crippen molar-refractivity contribution < 1.29 is 19.1 Å². The average Bonchev–Trinajstić information content (AvgIpc) is 3.42. The Morgan fingerprint density at radius 3 is 2.34 bits per heavy atom. The van der Waals surface area contributed by atoms with E-state index in [-0.39, 0.29) is 17.3 Å². The van der Waals surface area contributed by atoms with Crippen molar-refractivity contribution in [2.45, 2.75) is 25.9 Å². The van der Waals surface area contributed by atoms with Crippen LogP contribution in [0, 0.1) is 13.8 Å². The maximum atomic E-state index is 13.1. The highest BCUT2D eigenvalue weighted by Crippen LogP contribution is 2.31. The number of carbonyl (C=O) groups is 2. The van der Waals surface area contributed by atoms with Gasteiger partial charge in [0.05, 0.1) is 25.7 Å². The summed E-state index contributed by atoms with van der Waals surface area (Å²) in [4.78, 5) is 28.1. The summed E-state index contributed by atoms with van der Waals surface area (Å²) in [6.45, 7) is 5.09. The van der Waals surface area contributed by atoms with E-state index in [4.69, 9.17) is 9.47 Å². The van der Waals surface area contributed by atoms with Gasteiger partial charge in [0.15, 0.2) is 22.5 Å². The molecule has 0 saturated heterocycles. The van der Waals surface area contributed by atoms with Gasteiger partial charge in [0.25, 0.3) is 0 Å². The first kappa shape index (κ1) is 24.3. The van der Waals surface area contributed by atoms with Crippen molar-refractivity contribution in [2.75, 3.05) is 20.0 Å². The summed E-state index contributed by atoms with van der Waals surface area (Å²) in [7, 11) is 3.23. The molecular formula is C26H26N4O4S. The molecule has 35 heavy (non-hydrogen) atoms. The van der Waals surface area contributed by atoms with Gasteiger partial charge in [-0.15, -0.1) is 10.2 Å². The zero-order valence-electron chi connectivity index (χ0n) is 20.2. The highest BCUT2D eigenvalue weighted by molar-refractivity contribution is 7.99. The number of aryl methyl sites for hydroxylation is 1. The molecule has 2 aromatic carbocycles. The molecule has 0 radical (unpaired) electrons. The van der Waals surface area contributed by atoms with Crippen LogP contribution in [0.4, 0.5) is 0 Å². The Morgan fingerprint density at radius 1 is 1.00 bits per heavy atom. The molecule has 0 bridgehead atoms. The van der Waals surface area contributed by atoms with Crippen molar-refractivity contribution in [3.8, 4) is 28.6 Å². The first-order chi connectivity index (χ1) is 16.8. The number of thioether (sulfide) groups is 1. The number of methoxy groups -OCH3 is 2. The first-order valence-electron chi connectivity index (χ1n) is 10.9. The summed E-state index contributed by atoms with van der Waals surface area (Å²) in [6.07, 6.45) is 0. The standard InChI is InChI=1S/C26H26N4O4S/c1-15-23(17(3)31)16(2)27-24(15)22(32)14-35-26-29-28-25(18-7-6-8-21(13-18)34-5)30(26)19-9-11-20(33-4)12-10-19/h6-13,27H,14H2,1-5H3. The Bertz CT molecular complexity index is 1390. The van der Waals surface area contributed by atoms with Crippen LogP contribution in [0.15, 0.2) is 53.7 Å². The van der Waals surface area contributed by atoms with E-state index in [0.717, 1.165) is 17.0 Å². The van der Waals surface area contributed by atoms with Gasteiger partial charge in [-0.1, -0.05) is 23.9 Å². The Kier molecular flexibility index (Phi) is 7.07. The molecule has 0 aliphatic rings.